The molecule has 45 heavy (non-hydrogen) atoms. The monoisotopic (exact) mass is 633 g/mol. The molecule has 9 nitrogen and oxygen atoms in total. The van der Waals surface area contributed by atoms with Gasteiger partial charge >= 0.3 is 12.2 Å². The molecular weight excluding hydrogens is 597 g/mol. The van der Waals surface area contributed by atoms with E-state index in [9.17, 15) is 17.6 Å². The van der Waals surface area contributed by atoms with Crippen molar-refractivity contribution in [2.45, 2.75) is 82.4 Å². The third-order valence-electron chi connectivity index (χ3n) is 9.71. The fraction of sp³-hybridized carbons (Fsp3) is 0.581. The molecule has 0 aliphatic carbocycles. The zero-order chi connectivity index (χ0) is 31.6. The summed E-state index contributed by atoms with van der Waals surface area (Å²) in [5.74, 6) is -0.715. The van der Waals surface area contributed by atoms with Crippen molar-refractivity contribution in [2.24, 2.45) is 0 Å². The van der Waals surface area contributed by atoms with Crippen molar-refractivity contribution in [2.75, 3.05) is 43.5 Å². The van der Waals surface area contributed by atoms with Crippen LogP contribution in [0.4, 0.5) is 33.5 Å². The molecule has 3 saturated heterocycles. The second-order valence-corrected chi connectivity index (χ2v) is 12.6. The van der Waals surface area contributed by atoms with Gasteiger partial charge in [0.15, 0.2) is 5.82 Å². The van der Waals surface area contributed by atoms with Gasteiger partial charge in [-0.3, -0.25) is 4.90 Å². The van der Waals surface area contributed by atoms with E-state index in [0.29, 0.717) is 18.8 Å². The van der Waals surface area contributed by atoms with E-state index in [1.54, 1.807) is 0 Å². The number of aryl methyl sites for hydroxylation is 1. The van der Waals surface area contributed by atoms with Crippen LogP contribution in [0.25, 0.3) is 22.2 Å². The molecule has 0 unspecified atom stereocenters. The first kappa shape index (κ1) is 30.2. The Labute approximate surface area is 257 Å². The minimum absolute atomic E-state index is 0.00806. The number of nitrogens with zero attached hydrogens (tertiary/aromatic N) is 5. The molecule has 2 bridgehead atoms. The second-order valence-electron chi connectivity index (χ2n) is 12.6. The van der Waals surface area contributed by atoms with E-state index in [0.717, 1.165) is 38.3 Å². The van der Waals surface area contributed by atoms with Gasteiger partial charge in [0.2, 0.25) is 5.88 Å². The van der Waals surface area contributed by atoms with Crippen LogP contribution in [0.5, 0.6) is 11.9 Å². The molecule has 3 N–H and O–H groups in total. The summed E-state index contributed by atoms with van der Waals surface area (Å²) >= 11 is 0. The van der Waals surface area contributed by atoms with Gasteiger partial charge in [0.05, 0.1) is 12.2 Å². The lowest BCUT2D eigenvalue weighted by Crippen LogP contribution is -2.59. The van der Waals surface area contributed by atoms with Gasteiger partial charge < -0.3 is 25.4 Å². The van der Waals surface area contributed by atoms with Gasteiger partial charge in [0.25, 0.3) is 0 Å². The SMILES string of the molecule is Cc1cc(N)cc(-c2nc3c4c(nc(O[C@@H](C)[C@@H]5CCCN5CCF)nc4c2F)N2C[C@H]4CC[C@H](N4)[C@H]2CCO3)c1C(F)(F)F. The van der Waals surface area contributed by atoms with Crippen molar-refractivity contribution in [1.29, 1.82) is 0 Å². The van der Waals surface area contributed by atoms with Crippen molar-refractivity contribution in [3.05, 3.63) is 29.1 Å². The van der Waals surface area contributed by atoms with E-state index in [-0.39, 0.29) is 71.4 Å². The van der Waals surface area contributed by atoms with Crippen LogP contribution in [0, 0.1) is 12.7 Å². The van der Waals surface area contributed by atoms with E-state index in [4.69, 9.17) is 20.2 Å². The highest BCUT2D eigenvalue weighted by atomic mass is 19.4. The third-order valence-corrected chi connectivity index (χ3v) is 9.71. The zero-order valence-electron chi connectivity index (χ0n) is 25.1. The molecule has 6 heterocycles. The number of aromatic nitrogens is 3. The lowest BCUT2D eigenvalue weighted by Gasteiger charge is -2.43. The number of hydrogen-bond donors (Lipinski definition) is 2. The Morgan fingerprint density at radius 2 is 1.98 bits per heavy atom. The first-order valence-corrected chi connectivity index (χ1v) is 15.5. The number of rotatable bonds is 6. The molecule has 7 rings (SSSR count). The number of alkyl halides is 4. The molecule has 5 atom stereocenters. The number of ether oxygens (including phenoxy) is 2. The number of anilines is 2. The fourth-order valence-corrected chi connectivity index (χ4v) is 7.80. The maximum absolute atomic E-state index is 16.8. The van der Waals surface area contributed by atoms with E-state index in [1.165, 1.54) is 13.0 Å². The highest BCUT2D eigenvalue weighted by Gasteiger charge is 2.44. The predicted octanol–water partition coefficient (Wildman–Crippen LogP) is 5.03. The predicted molar refractivity (Wildman–Crippen MR) is 159 cm³/mol. The topological polar surface area (TPSA) is 102 Å². The Morgan fingerprint density at radius 1 is 1.16 bits per heavy atom. The van der Waals surface area contributed by atoms with Crippen molar-refractivity contribution < 1.29 is 31.4 Å². The summed E-state index contributed by atoms with van der Waals surface area (Å²) in [5.41, 5.74) is 3.51. The largest absolute Gasteiger partial charge is 0.477 e. The van der Waals surface area contributed by atoms with Crippen molar-refractivity contribution in [3.8, 4) is 23.1 Å². The van der Waals surface area contributed by atoms with E-state index >= 15 is 4.39 Å². The molecule has 14 heteroatoms. The second kappa shape index (κ2) is 11.4. The van der Waals surface area contributed by atoms with Crippen LogP contribution in [0.15, 0.2) is 12.1 Å². The summed E-state index contributed by atoms with van der Waals surface area (Å²) in [5, 5.41) is 3.84. The molecule has 0 spiro atoms. The number of pyridine rings is 1. The summed E-state index contributed by atoms with van der Waals surface area (Å²) in [6.07, 6.45) is -1.03. The van der Waals surface area contributed by atoms with Gasteiger partial charge in [0, 0.05) is 54.9 Å². The van der Waals surface area contributed by atoms with E-state index in [1.807, 2.05) is 11.8 Å². The maximum atomic E-state index is 16.8. The Balaban J connectivity index is 1.42. The van der Waals surface area contributed by atoms with Crippen LogP contribution in [-0.2, 0) is 6.18 Å². The molecule has 0 saturated carbocycles. The molecule has 3 fully saturated rings. The maximum Gasteiger partial charge on any atom is 0.417 e. The van der Waals surface area contributed by atoms with Crippen LogP contribution < -0.4 is 25.4 Å². The molecular formula is C31H36F5N7O2. The molecule has 0 radical (unpaired) electrons. The van der Waals surface area contributed by atoms with Crippen LogP contribution in [0.2, 0.25) is 0 Å². The Morgan fingerprint density at radius 3 is 2.76 bits per heavy atom. The third kappa shape index (κ3) is 5.29. The average molecular weight is 634 g/mol. The van der Waals surface area contributed by atoms with Crippen molar-refractivity contribution in [1.82, 2.24) is 25.2 Å². The van der Waals surface area contributed by atoms with E-state index in [2.05, 4.69) is 20.2 Å². The molecule has 4 aliphatic rings. The first-order chi connectivity index (χ1) is 21.5. The van der Waals surface area contributed by atoms with Gasteiger partial charge in [-0.1, -0.05) is 0 Å². The quantitative estimate of drug-likeness (QED) is 0.286. The molecule has 3 aromatic rings. The summed E-state index contributed by atoms with van der Waals surface area (Å²) < 4.78 is 85.4. The van der Waals surface area contributed by atoms with E-state index < -0.39 is 41.6 Å². The van der Waals surface area contributed by atoms with Crippen LogP contribution in [-0.4, -0.2) is 83.0 Å². The minimum atomic E-state index is -4.80. The Kier molecular flexibility index (Phi) is 7.62. The number of nitrogen functional groups attached to an aromatic ring is 1. The number of piperazine rings is 1. The normalized spacial score (nSPS) is 25.5. The molecule has 1 aromatic carbocycles. The molecule has 242 valence electrons. The average Bonchev–Trinajstić information content (AvgIpc) is 3.60. The lowest BCUT2D eigenvalue weighted by molar-refractivity contribution is -0.137. The number of hydrogen-bond acceptors (Lipinski definition) is 9. The number of likely N-dealkylation sites (tertiary alicyclic amines) is 1. The highest BCUT2D eigenvalue weighted by Crippen LogP contribution is 2.46. The Bertz CT molecular complexity index is 1620. The van der Waals surface area contributed by atoms with Crippen LogP contribution >= 0.6 is 0 Å². The summed E-state index contributed by atoms with van der Waals surface area (Å²) in [7, 11) is 0. The number of benzene rings is 1. The smallest absolute Gasteiger partial charge is 0.417 e. The lowest BCUT2D eigenvalue weighted by atomic mass is 9.96. The fourth-order valence-electron chi connectivity index (χ4n) is 7.80. The molecule has 2 aromatic heterocycles. The van der Waals surface area contributed by atoms with Gasteiger partial charge in [0.1, 0.15) is 35.2 Å². The van der Waals surface area contributed by atoms with Crippen molar-refractivity contribution in [3.63, 3.8) is 0 Å². The standard InChI is InChI=1S/C31H36F5N7O2/c1-15-12-17(37)13-19(24(15)31(34,35)36)26-25(33)27-23-28(41-30(40-27)45-16(2)21-4-3-9-42(21)10-8-32)43-14-18-5-6-20(38-18)22(43)7-11-44-29(23)39-26/h12-13,16,18,20-22,38H,3-11,14,37H2,1-2H3/t16-,18+,20-,21-,22+/m0/s1. The van der Waals surface area contributed by atoms with Crippen LogP contribution in [0.1, 0.15) is 50.2 Å². The van der Waals surface area contributed by atoms with Crippen LogP contribution in [0.3, 0.4) is 0 Å². The number of nitrogens with two attached hydrogens (primary N) is 1. The van der Waals surface area contributed by atoms with Gasteiger partial charge in [-0.25, -0.2) is 13.8 Å². The number of fused-ring (bicyclic) bond motifs is 5. The highest BCUT2D eigenvalue weighted by molar-refractivity contribution is 5.97. The summed E-state index contributed by atoms with van der Waals surface area (Å²) in [6.45, 7) is 4.48. The van der Waals surface area contributed by atoms with Crippen molar-refractivity contribution >= 4 is 22.4 Å². The zero-order valence-corrected chi connectivity index (χ0v) is 25.1. The first-order valence-electron chi connectivity index (χ1n) is 15.5. The molecule has 4 aliphatic heterocycles. The summed E-state index contributed by atoms with van der Waals surface area (Å²) in [6, 6.07) is 2.45. The summed E-state index contributed by atoms with van der Waals surface area (Å²) in [4.78, 5) is 17.8. The van der Waals surface area contributed by atoms with Gasteiger partial charge in [-0.2, -0.15) is 23.1 Å². The molecule has 0 amide bonds. The Hall–Kier alpha value is -3.52. The van der Waals surface area contributed by atoms with Gasteiger partial charge in [-0.15, -0.1) is 0 Å². The number of nitrogens with one attached hydrogen (secondary N) is 1. The van der Waals surface area contributed by atoms with Gasteiger partial charge in [-0.05, 0) is 63.8 Å². The number of halogens is 5. The minimum Gasteiger partial charge on any atom is -0.477 e.